The molecule has 0 aliphatic rings. The van der Waals surface area contributed by atoms with E-state index in [0.717, 1.165) is 0 Å². The molecule has 0 spiro atoms. The molecule has 0 unspecified atom stereocenters. The molecule has 0 atom stereocenters. The highest BCUT2D eigenvalue weighted by Gasteiger charge is 2.13. The molecule has 1 aromatic carbocycles. The average Bonchev–Trinajstić information content (AvgIpc) is 2.33. The van der Waals surface area contributed by atoms with Crippen molar-refractivity contribution in [2.24, 2.45) is 0 Å². The van der Waals surface area contributed by atoms with Gasteiger partial charge in [0, 0.05) is 23.5 Å². The van der Waals surface area contributed by atoms with E-state index in [1.165, 1.54) is 12.1 Å². The molecule has 1 aromatic heterocycles. The molecule has 0 fully saturated rings. The van der Waals surface area contributed by atoms with Gasteiger partial charge >= 0.3 is 0 Å². The Bertz CT molecular complexity index is 523. The summed E-state index contributed by atoms with van der Waals surface area (Å²) in [5.74, 6) is -0.542. The Kier molecular flexibility index (Phi) is 2.77. The van der Waals surface area contributed by atoms with Gasteiger partial charge in [-0.25, -0.2) is 4.39 Å². The number of hydrogen-bond donors (Lipinski definition) is 0. The maximum absolute atomic E-state index is 13.3. The van der Waals surface area contributed by atoms with Crippen molar-refractivity contribution in [1.29, 1.82) is 0 Å². The van der Waals surface area contributed by atoms with Crippen molar-refractivity contribution < 1.29 is 9.18 Å². The van der Waals surface area contributed by atoms with Gasteiger partial charge < -0.3 is 0 Å². The molecule has 0 amide bonds. The Balaban J connectivity index is 2.46. The van der Waals surface area contributed by atoms with Gasteiger partial charge in [0.15, 0.2) is 5.78 Å². The number of hydrogen-bond acceptors (Lipinski definition) is 2. The van der Waals surface area contributed by atoms with Crippen molar-refractivity contribution in [3.05, 3.63) is 65.2 Å². The van der Waals surface area contributed by atoms with E-state index in [1.54, 1.807) is 37.5 Å². The molecule has 80 valence electrons. The summed E-state index contributed by atoms with van der Waals surface area (Å²) in [6, 6.07) is 7.75. The largest absolute Gasteiger partial charge is 0.289 e. The highest BCUT2D eigenvalue weighted by molar-refractivity contribution is 6.09. The summed E-state index contributed by atoms with van der Waals surface area (Å²) in [5, 5.41) is 0. The van der Waals surface area contributed by atoms with E-state index < -0.39 is 0 Å². The molecule has 0 bridgehead atoms. The zero-order valence-electron chi connectivity index (χ0n) is 8.77. The first-order chi connectivity index (χ1) is 7.70. The average molecular weight is 215 g/mol. The normalized spacial score (nSPS) is 10.1. The Morgan fingerprint density at radius 2 is 1.88 bits per heavy atom. The second-order valence-corrected chi connectivity index (χ2v) is 3.48. The van der Waals surface area contributed by atoms with Crippen molar-refractivity contribution >= 4 is 5.78 Å². The lowest BCUT2D eigenvalue weighted by molar-refractivity contribution is 0.103. The van der Waals surface area contributed by atoms with Crippen molar-refractivity contribution in [2.75, 3.05) is 0 Å². The fourth-order valence-corrected chi connectivity index (χ4v) is 1.51. The monoisotopic (exact) mass is 215 g/mol. The molecule has 2 aromatic rings. The molecule has 2 rings (SSSR count). The molecule has 0 radical (unpaired) electrons. The van der Waals surface area contributed by atoms with Crippen LogP contribution < -0.4 is 0 Å². The molecule has 0 aliphatic heterocycles. The summed E-state index contributed by atoms with van der Waals surface area (Å²) >= 11 is 0. The number of rotatable bonds is 2. The number of carbonyl (C=O) groups is 1. The zero-order chi connectivity index (χ0) is 11.5. The lowest BCUT2D eigenvalue weighted by atomic mass is 10.00. The third-order valence-electron chi connectivity index (χ3n) is 2.45. The molecule has 0 saturated heterocycles. The Morgan fingerprint density at radius 1 is 1.19 bits per heavy atom. The zero-order valence-corrected chi connectivity index (χ0v) is 8.77. The van der Waals surface area contributed by atoms with Gasteiger partial charge in [-0.2, -0.15) is 0 Å². The number of carbonyl (C=O) groups excluding carboxylic acids is 1. The highest BCUT2D eigenvalue weighted by Crippen LogP contribution is 2.16. The van der Waals surface area contributed by atoms with Gasteiger partial charge in [0.1, 0.15) is 5.82 Å². The minimum Gasteiger partial charge on any atom is -0.289 e. The SMILES string of the molecule is Cc1c(F)cccc1C(=O)c1ccncc1. The molecule has 3 heteroatoms. The van der Waals surface area contributed by atoms with Crippen LogP contribution >= 0.6 is 0 Å². The summed E-state index contributed by atoms with van der Waals surface area (Å²) < 4.78 is 13.3. The first-order valence-electron chi connectivity index (χ1n) is 4.90. The van der Waals surface area contributed by atoms with E-state index in [-0.39, 0.29) is 11.6 Å². The third-order valence-corrected chi connectivity index (χ3v) is 2.45. The summed E-state index contributed by atoms with van der Waals surface area (Å²) in [4.78, 5) is 15.9. The summed E-state index contributed by atoms with van der Waals surface area (Å²) in [6.45, 7) is 1.60. The van der Waals surface area contributed by atoms with Crippen LogP contribution in [0.2, 0.25) is 0 Å². The minimum absolute atomic E-state index is 0.181. The van der Waals surface area contributed by atoms with E-state index in [0.29, 0.717) is 16.7 Å². The topological polar surface area (TPSA) is 30.0 Å². The standard InChI is InChI=1S/C13H10FNO/c1-9-11(3-2-4-12(9)14)13(16)10-5-7-15-8-6-10/h2-8H,1H3. The van der Waals surface area contributed by atoms with Gasteiger partial charge in [0.25, 0.3) is 0 Å². The molecular formula is C13H10FNO. The molecule has 0 saturated carbocycles. The summed E-state index contributed by atoms with van der Waals surface area (Å²) in [7, 11) is 0. The molecular weight excluding hydrogens is 205 g/mol. The molecule has 16 heavy (non-hydrogen) atoms. The molecule has 1 heterocycles. The fraction of sp³-hybridized carbons (Fsp3) is 0.0769. The Morgan fingerprint density at radius 3 is 2.56 bits per heavy atom. The van der Waals surface area contributed by atoms with Crippen LogP contribution in [-0.2, 0) is 0 Å². The predicted molar refractivity (Wildman–Crippen MR) is 58.8 cm³/mol. The Labute approximate surface area is 92.8 Å². The third kappa shape index (κ3) is 1.84. The maximum Gasteiger partial charge on any atom is 0.193 e. The lowest BCUT2D eigenvalue weighted by Gasteiger charge is -2.05. The van der Waals surface area contributed by atoms with Crippen LogP contribution in [0.15, 0.2) is 42.7 Å². The predicted octanol–water partition coefficient (Wildman–Crippen LogP) is 2.76. The van der Waals surface area contributed by atoms with Crippen LogP contribution in [0, 0.1) is 12.7 Å². The number of benzene rings is 1. The number of pyridine rings is 1. The van der Waals surface area contributed by atoms with Gasteiger partial charge in [-0.1, -0.05) is 12.1 Å². The van der Waals surface area contributed by atoms with E-state index in [9.17, 15) is 9.18 Å². The van der Waals surface area contributed by atoms with Crippen molar-refractivity contribution in [2.45, 2.75) is 6.92 Å². The minimum atomic E-state index is -0.361. The highest BCUT2D eigenvalue weighted by atomic mass is 19.1. The van der Waals surface area contributed by atoms with Gasteiger partial charge in [0.2, 0.25) is 0 Å². The van der Waals surface area contributed by atoms with Gasteiger partial charge in [-0.3, -0.25) is 9.78 Å². The fourth-order valence-electron chi connectivity index (χ4n) is 1.51. The van der Waals surface area contributed by atoms with Crippen LogP contribution in [0.3, 0.4) is 0 Å². The number of halogens is 1. The molecule has 0 aliphatic carbocycles. The number of aromatic nitrogens is 1. The first-order valence-corrected chi connectivity index (χ1v) is 4.90. The van der Waals surface area contributed by atoms with Gasteiger partial charge in [-0.15, -0.1) is 0 Å². The van der Waals surface area contributed by atoms with Crippen molar-refractivity contribution in [3.63, 3.8) is 0 Å². The van der Waals surface area contributed by atoms with E-state index >= 15 is 0 Å². The van der Waals surface area contributed by atoms with Crippen LogP contribution in [0.5, 0.6) is 0 Å². The second-order valence-electron chi connectivity index (χ2n) is 3.48. The van der Waals surface area contributed by atoms with E-state index in [1.807, 2.05) is 0 Å². The van der Waals surface area contributed by atoms with Crippen LogP contribution in [0.1, 0.15) is 21.5 Å². The lowest BCUT2D eigenvalue weighted by Crippen LogP contribution is -2.04. The second kappa shape index (κ2) is 4.23. The van der Waals surface area contributed by atoms with Gasteiger partial charge in [0.05, 0.1) is 0 Å². The summed E-state index contributed by atoms with van der Waals surface area (Å²) in [6.07, 6.45) is 3.09. The maximum atomic E-state index is 13.3. The van der Waals surface area contributed by atoms with Crippen LogP contribution in [-0.4, -0.2) is 10.8 Å². The van der Waals surface area contributed by atoms with Gasteiger partial charge in [-0.05, 0) is 30.7 Å². The Hall–Kier alpha value is -2.03. The van der Waals surface area contributed by atoms with Crippen LogP contribution in [0.25, 0.3) is 0 Å². The molecule has 0 N–H and O–H groups in total. The quantitative estimate of drug-likeness (QED) is 0.721. The van der Waals surface area contributed by atoms with Crippen LogP contribution in [0.4, 0.5) is 4.39 Å². The number of ketones is 1. The van der Waals surface area contributed by atoms with Crippen molar-refractivity contribution in [3.8, 4) is 0 Å². The number of nitrogens with zero attached hydrogens (tertiary/aromatic N) is 1. The molecule has 2 nitrogen and oxygen atoms in total. The first kappa shape index (κ1) is 10.5. The summed E-state index contributed by atoms with van der Waals surface area (Å²) in [5.41, 5.74) is 1.29. The van der Waals surface area contributed by atoms with E-state index in [2.05, 4.69) is 4.98 Å². The van der Waals surface area contributed by atoms with Crippen molar-refractivity contribution in [1.82, 2.24) is 4.98 Å². The smallest absolute Gasteiger partial charge is 0.193 e. The van der Waals surface area contributed by atoms with E-state index in [4.69, 9.17) is 0 Å².